The van der Waals surface area contributed by atoms with E-state index in [1.807, 2.05) is 0 Å². The van der Waals surface area contributed by atoms with Gasteiger partial charge in [-0.25, -0.2) is 0 Å². The largest absolute Gasteiger partial charge is 0.512 e. The molecule has 0 saturated heterocycles. The second-order valence-corrected chi connectivity index (χ2v) is 10.2. The molecule has 28 heavy (non-hydrogen) atoms. The third kappa shape index (κ3) is 2.39. The number of aliphatic hydroxyl groups is 2. The molecule has 0 amide bonds. The molecule has 150 valence electrons. The molecule has 0 spiro atoms. The highest BCUT2D eigenvalue weighted by atomic mass is 16.3. The van der Waals surface area contributed by atoms with E-state index in [9.17, 15) is 10.2 Å². The number of allylic oxidation sites excluding steroid dienone is 3. The van der Waals surface area contributed by atoms with Gasteiger partial charge in [0, 0.05) is 29.8 Å². The molecule has 2 N–H and O–H groups in total. The van der Waals surface area contributed by atoms with E-state index in [-0.39, 0.29) is 16.9 Å². The van der Waals surface area contributed by atoms with Crippen molar-refractivity contribution in [3.05, 3.63) is 41.7 Å². The third-order valence-corrected chi connectivity index (χ3v) is 8.89. The highest BCUT2D eigenvalue weighted by Gasteiger charge is 2.60. The molecule has 0 bridgehead atoms. The maximum Gasteiger partial charge on any atom is 0.0985 e. The molecule has 0 aliphatic heterocycles. The van der Waals surface area contributed by atoms with Crippen LogP contribution < -0.4 is 0 Å². The van der Waals surface area contributed by atoms with Crippen LogP contribution in [0, 0.1) is 34.5 Å². The first-order valence-electron chi connectivity index (χ1n) is 10.9. The van der Waals surface area contributed by atoms with Gasteiger partial charge >= 0.3 is 0 Å². The fourth-order valence-corrected chi connectivity index (χ4v) is 7.52. The van der Waals surface area contributed by atoms with Gasteiger partial charge in [0.2, 0.25) is 0 Å². The van der Waals surface area contributed by atoms with Gasteiger partial charge in [0.1, 0.15) is 0 Å². The summed E-state index contributed by atoms with van der Waals surface area (Å²) in [6, 6.07) is 0. The van der Waals surface area contributed by atoms with Crippen molar-refractivity contribution in [3.8, 4) is 0 Å². The van der Waals surface area contributed by atoms with Gasteiger partial charge in [0.05, 0.1) is 23.8 Å². The van der Waals surface area contributed by atoms with E-state index >= 15 is 0 Å². The standard InChI is InChI=1S/C24H32N2O2/c1-14-10-15-11-16(27)4-6-23(15,2)17-5-7-24(3)18(21(14)17)12-20(28)22(24)19-13-25-8-9-26-19/h8-10,13-14,16-18,21,27-28H,4-7,11-12H2,1-3H3/t14?,16?,17-,18+,21-,23+,24+/m1/s1. The molecule has 2 unspecified atom stereocenters. The van der Waals surface area contributed by atoms with Crippen molar-refractivity contribution in [1.29, 1.82) is 0 Å². The summed E-state index contributed by atoms with van der Waals surface area (Å²) in [5, 5.41) is 21.2. The SMILES string of the molecule is CC1C=C2CC(O)CC[C@]2(C)[C@@H]2CC[C@]3(C)C(c4cnccn4)=C(O)C[C@H]3[C@H]12. The second-order valence-electron chi connectivity index (χ2n) is 10.2. The third-order valence-electron chi connectivity index (χ3n) is 8.89. The summed E-state index contributed by atoms with van der Waals surface area (Å²) in [6.07, 6.45) is 13.4. The van der Waals surface area contributed by atoms with Crippen LogP contribution in [0.3, 0.4) is 0 Å². The van der Waals surface area contributed by atoms with Crippen molar-refractivity contribution >= 4 is 5.57 Å². The first-order chi connectivity index (χ1) is 13.3. The van der Waals surface area contributed by atoms with Crippen LogP contribution in [-0.2, 0) is 0 Å². The number of nitrogens with zero attached hydrogens (tertiary/aromatic N) is 2. The normalized spacial score (nSPS) is 45.1. The zero-order valence-electron chi connectivity index (χ0n) is 17.2. The van der Waals surface area contributed by atoms with E-state index in [0.717, 1.165) is 43.4 Å². The molecule has 1 aromatic heterocycles. The predicted molar refractivity (Wildman–Crippen MR) is 109 cm³/mol. The Hall–Kier alpha value is -1.68. The van der Waals surface area contributed by atoms with Crippen LogP contribution in [0.5, 0.6) is 0 Å². The van der Waals surface area contributed by atoms with Crippen LogP contribution in [0.25, 0.3) is 5.57 Å². The number of hydrogen-bond donors (Lipinski definition) is 2. The second kappa shape index (κ2) is 6.16. The lowest BCUT2D eigenvalue weighted by Crippen LogP contribution is -2.52. The molecule has 1 aromatic rings. The highest BCUT2D eigenvalue weighted by Crippen LogP contribution is 2.68. The van der Waals surface area contributed by atoms with Gasteiger partial charge in [-0.2, -0.15) is 0 Å². The molecule has 0 aromatic carbocycles. The van der Waals surface area contributed by atoms with Crippen LogP contribution >= 0.6 is 0 Å². The smallest absolute Gasteiger partial charge is 0.0985 e. The summed E-state index contributed by atoms with van der Waals surface area (Å²) in [6.45, 7) is 7.15. The van der Waals surface area contributed by atoms with Crippen LogP contribution in [0.2, 0.25) is 0 Å². The summed E-state index contributed by atoms with van der Waals surface area (Å²) in [4.78, 5) is 8.80. The lowest BCUT2D eigenvalue weighted by molar-refractivity contribution is -0.0438. The van der Waals surface area contributed by atoms with E-state index < -0.39 is 0 Å². The van der Waals surface area contributed by atoms with E-state index in [2.05, 4.69) is 36.8 Å². The van der Waals surface area contributed by atoms with Crippen molar-refractivity contribution in [2.45, 2.75) is 65.4 Å². The van der Waals surface area contributed by atoms with Gasteiger partial charge in [-0.1, -0.05) is 32.4 Å². The van der Waals surface area contributed by atoms with E-state index in [1.54, 1.807) is 18.6 Å². The number of aromatic nitrogens is 2. The molecule has 1 heterocycles. The first kappa shape index (κ1) is 18.4. The Balaban J connectivity index is 1.55. The molecule has 7 atom stereocenters. The summed E-state index contributed by atoms with van der Waals surface area (Å²) < 4.78 is 0. The minimum atomic E-state index is -0.169. The van der Waals surface area contributed by atoms with Gasteiger partial charge < -0.3 is 10.2 Å². The van der Waals surface area contributed by atoms with Crippen LogP contribution in [-0.4, -0.2) is 26.3 Å². The van der Waals surface area contributed by atoms with E-state index in [4.69, 9.17) is 0 Å². The van der Waals surface area contributed by atoms with Crippen molar-refractivity contribution in [1.82, 2.24) is 9.97 Å². The average molecular weight is 381 g/mol. The van der Waals surface area contributed by atoms with Crippen LogP contribution in [0.4, 0.5) is 0 Å². The fourth-order valence-electron chi connectivity index (χ4n) is 7.52. The van der Waals surface area contributed by atoms with Crippen LogP contribution in [0.1, 0.15) is 65.0 Å². The van der Waals surface area contributed by atoms with Crippen molar-refractivity contribution in [2.75, 3.05) is 0 Å². The monoisotopic (exact) mass is 380 g/mol. The Morgan fingerprint density at radius 2 is 1.82 bits per heavy atom. The van der Waals surface area contributed by atoms with Crippen LogP contribution in [0.15, 0.2) is 36.0 Å². The fraction of sp³-hybridized carbons (Fsp3) is 0.667. The Morgan fingerprint density at radius 3 is 2.57 bits per heavy atom. The number of rotatable bonds is 1. The number of hydrogen-bond acceptors (Lipinski definition) is 4. The molecule has 2 saturated carbocycles. The maximum absolute atomic E-state index is 11.0. The predicted octanol–water partition coefficient (Wildman–Crippen LogP) is 4.93. The lowest BCUT2D eigenvalue weighted by atomic mass is 9.45. The molecular weight excluding hydrogens is 348 g/mol. The molecule has 2 fully saturated rings. The zero-order valence-corrected chi connectivity index (χ0v) is 17.2. The maximum atomic E-state index is 11.0. The van der Waals surface area contributed by atoms with Gasteiger partial charge in [-0.3, -0.25) is 9.97 Å². The van der Waals surface area contributed by atoms with Gasteiger partial charge in [0.25, 0.3) is 0 Å². The molecule has 5 rings (SSSR count). The molecule has 0 radical (unpaired) electrons. The molecule has 4 aliphatic rings. The molecule has 4 nitrogen and oxygen atoms in total. The van der Waals surface area contributed by atoms with Crippen molar-refractivity contribution in [2.24, 2.45) is 34.5 Å². The molecule has 4 heteroatoms. The minimum Gasteiger partial charge on any atom is -0.512 e. The summed E-state index contributed by atoms with van der Waals surface area (Å²) in [5.74, 6) is 2.66. The quantitative estimate of drug-likeness (QED) is 0.678. The zero-order chi connectivity index (χ0) is 19.7. The van der Waals surface area contributed by atoms with E-state index in [1.165, 1.54) is 12.0 Å². The lowest BCUT2D eigenvalue weighted by Gasteiger charge is -2.59. The van der Waals surface area contributed by atoms with Gasteiger partial charge in [0.15, 0.2) is 0 Å². The Bertz CT molecular complexity index is 847. The topological polar surface area (TPSA) is 66.2 Å². The molecule has 4 aliphatic carbocycles. The van der Waals surface area contributed by atoms with Crippen molar-refractivity contribution in [3.63, 3.8) is 0 Å². The van der Waals surface area contributed by atoms with Crippen molar-refractivity contribution < 1.29 is 10.2 Å². The minimum absolute atomic E-state index is 0.0363. The number of fused-ring (bicyclic) bond motifs is 5. The first-order valence-corrected chi connectivity index (χ1v) is 10.9. The Morgan fingerprint density at radius 1 is 1.04 bits per heavy atom. The summed E-state index contributed by atoms with van der Waals surface area (Å²) in [7, 11) is 0. The highest BCUT2D eigenvalue weighted by molar-refractivity contribution is 5.72. The Labute approximate surface area is 167 Å². The summed E-state index contributed by atoms with van der Waals surface area (Å²) in [5.41, 5.74) is 3.55. The average Bonchev–Trinajstić information content (AvgIpc) is 2.94. The van der Waals surface area contributed by atoms with E-state index in [0.29, 0.717) is 29.4 Å². The summed E-state index contributed by atoms with van der Waals surface area (Å²) >= 11 is 0. The molecular formula is C24H32N2O2. The van der Waals surface area contributed by atoms with Gasteiger partial charge in [-0.15, -0.1) is 0 Å². The number of aliphatic hydroxyl groups excluding tert-OH is 2. The Kier molecular flexibility index (Phi) is 4.04. The van der Waals surface area contributed by atoms with Gasteiger partial charge in [-0.05, 0) is 61.2 Å².